The van der Waals surface area contributed by atoms with E-state index in [1.807, 2.05) is 41.9 Å². The summed E-state index contributed by atoms with van der Waals surface area (Å²) >= 11 is 5.28. The minimum Gasteiger partial charge on any atom is -0.320 e. The lowest BCUT2D eigenvalue weighted by molar-refractivity contribution is -0.919. The number of rotatable bonds is 5. The van der Waals surface area contributed by atoms with Crippen LogP contribution in [0.2, 0.25) is 0 Å². The van der Waals surface area contributed by atoms with Crippen molar-refractivity contribution in [3.05, 3.63) is 68.5 Å². The number of fused-ring (bicyclic) bond motifs is 1. The summed E-state index contributed by atoms with van der Waals surface area (Å²) in [5.74, 6) is 0.0849. The highest BCUT2D eigenvalue weighted by atomic mass is 32.2. The first kappa shape index (κ1) is 17.8. The molecule has 0 aliphatic carbocycles. The van der Waals surface area contributed by atoms with Crippen LogP contribution in [0.3, 0.4) is 0 Å². The van der Waals surface area contributed by atoms with Crippen LogP contribution in [0.15, 0.2) is 58.1 Å². The molecule has 3 aromatic rings. The predicted octanol–water partition coefficient (Wildman–Crippen LogP) is 3.70. The highest BCUT2D eigenvalue weighted by Gasteiger charge is 2.35. The number of hydrogen-bond donors (Lipinski definition) is 2. The van der Waals surface area contributed by atoms with Crippen molar-refractivity contribution < 1.29 is 9.69 Å². The van der Waals surface area contributed by atoms with E-state index in [0.29, 0.717) is 6.54 Å². The van der Waals surface area contributed by atoms with Gasteiger partial charge in [-0.15, -0.1) is 34.4 Å². The van der Waals surface area contributed by atoms with Crippen molar-refractivity contribution >= 4 is 46.0 Å². The molecule has 1 unspecified atom stereocenters. The second-order valence-corrected chi connectivity index (χ2v) is 9.16. The Morgan fingerprint density at radius 1 is 1.19 bits per heavy atom. The Balaban J connectivity index is 1.54. The van der Waals surface area contributed by atoms with E-state index in [9.17, 15) is 4.79 Å². The van der Waals surface area contributed by atoms with E-state index in [0.717, 1.165) is 23.5 Å². The molecule has 4 rings (SSSR count). The first-order chi connectivity index (χ1) is 12.8. The number of quaternary nitrogens is 1. The zero-order chi connectivity index (χ0) is 17.9. The molecule has 0 fully saturated rings. The van der Waals surface area contributed by atoms with Gasteiger partial charge in [-0.05, 0) is 41.3 Å². The van der Waals surface area contributed by atoms with Gasteiger partial charge in [0.1, 0.15) is 6.04 Å². The van der Waals surface area contributed by atoms with Gasteiger partial charge in [0.15, 0.2) is 6.54 Å². The Hall–Kier alpha value is -1.60. The molecule has 134 valence electrons. The van der Waals surface area contributed by atoms with Gasteiger partial charge in [-0.2, -0.15) is 0 Å². The molecule has 0 radical (unpaired) electrons. The fourth-order valence-corrected chi connectivity index (χ4v) is 5.97. The van der Waals surface area contributed by atoms with Gasteiger partial charge in [0.05, 0.1) is 17.1 Å². The van der Waals surface area contributed by atoms with E-state index in [1.165, 1.54) is 20.2 Å². The van der Waals surface area contributed by atoms with Crippen molar-refractivity contribution in [1.82, 2.24) is 0 Å². The maximum atomic E-state index is 12.8. The number of carbonyl (C=O) groups excluding carboxylic acids is 1. The maximum Gasteiger partial charge on any atom is 0.279 e. The number of benzene rings is 1. The molecule has 1 aromatic carbocycles. The summed E-state index contributed by atoms with van der Waals surface area (Å²) in [6, 6.07) is 14.8. The molecule has 3 nitrogen and oxygen atoms in total. The third-order valence-electron chi connectivity index (χ3n) is 4.77. The van der Waals surface area contributed by atoms with E-state index in [4.69, 9.17) is 0 Å². The molecule has 2 N–H and O–H groups in total. The fourth-order valence-electron chi connectivity index (χ4n) is 3.60. The van der Waals surface area contributed by atoms with Crippen molar-refractivity contribution in [3.8, 4) is 0 Å². The first-order valence-corrected chi connectivity index (χ1v) is 11.6. The van der Waals surface area contributed by atoms with E-state index in [1.54, 1.807) is 23.1 Å². The van der Waals surface area contributed by atoms with Gasteiger partial charge in [-0.1, -0.05) is 18.2 Å². The molecule has 6 heteroatoms. The summed E-state index contributed by atoms with van der Waals surface area (Å²) in [5.41, 5.74) is 2.31. The van der Waals surface area contributed by atoms with Crippen molar-refractivity contribution in [2.75, 3.05) is 24.7 Å². The van der Waals surface area contributed by atoms with E-state index in [-0.39, 0.29) is 11.9 Å². The van der Waals surface area contributed by atoms with Crippen LogP contribution in [0.1, 0.15) is 21.4 Å². The molecule has 26 heavy (non-hydrogen) atoms. The molecule has 1 aliphatic rings. The topological polar surface area (TPSA) is 33.5 Å². The summed E-state index contributed by atoms with van der Waals surface area (Å²) < 4.78 is 0. The van der Waals surface area contributed by atoms with Crippen molar-refractivity contribution in [2.24, 2.45) is 0 Å². The summed E-state index contributed by atoms with van der Waals surface area (Å²) in [5, 5.41) is 7.43. The summed E-state index contributed by atoms with van der Waals surface area (Å²) in [7, 11) is 0. The molecule has 3 heterocycles. The quantitative estimate of drug-likeness (QED) is 0.639. The highest BCUT2D eigenvalue weighted by Crippen LogP contribution is 2.31. The monoisotopic (exact) mass is 401 g/mol. The number of thiophene rings is 2. The van der Waals surface area contributed by atoms with Crippen LogP contribution in [0, 0.1) is 0 Å². The van der Waals surface area contributed by atoms with Crippen LogP contribution in [-0.2, 0) is 11.2 Å². The Morgan fingerprint density at radius 2 is 2.08 bits per heavy atom. The number of amides is 1. The zero-order valence-electron chi connectivity index (χ0n) is 14.5. The molecule has 0 bridgehead atoms. The Labute approximate surface area is 166 Å². The SMILES string of the molecule is CSc1ccccc1NC(=O)C[NH+]1CCc2sccc2[C@H]1c1cccs1. The van der Waals surface area contributed by atoms with Gasteiger partial charge in [0, 0.05) is 21.8 Å². The molecule has 2 aromatic heterocycles. The number of para-hydroxylation sites is 1. The van der Waals surface area contributed by atoms with Crippen molar-refractivity contribution in [2.45, 2.75) is 17.4 Å². The number of nitrogens with one attached hydrogen (secondary N) is 2. The highest BCUT2D eigenvalue weighted by molar-refractivity contribution is 7.98. The molecule has 0 saturated heterocycles. The van der Waals surface area contributed by atoms with Crippen LogP contribution in [-0.4, -0.2) is 25.3 Å². The molecular formula is C20H21N2OS3+. The molecule has 0 saturated carbocycles. The molecule has 0 spiro atoms. The Kier molecular flexibility index (Phi) is 5.45. The minimum atomic E-state index is 0.0849. The largest absolute Gasteiger partial charge is 0.320 e. The normalized spacial score (nSPS) is 19.1. The molecule has 2 atom stereocenters. The van der Waals surface area contributed by atoms with Crippen molar-refractivity contribution in [3.63, 3.8) is 0 Å². The van der Waals surface area contributed by atoms with Crippen LogP contribution < -0.4 is 10.2 Å². The number of anilines is 1. The lowest BCUT2D eigenvalue weighted by Gasteiger charge is -2.31. The minimum absolute atomic E-state index is 0.0849. The summed E-state index contributed by atoms with van der Waals surface area (Å²) in [6.45, 7) is 1.48. The van der Waals surface area contributed by atoms with Gasteiger partial charge in [0.25, 0.3) is 5.91 Å². The fraction of sp³-hybridized carbons (Fsp3) is 0.250. The maximum absolute atomic E-state index is 12.8. The average molecular weight is 402 g/mol. The summed E-state index contributed by atoms with van der Waals surface area (Å²) in [6.07, 6.45) is 3.09. The van der Waals surface area contributed by atoms with E-state index < -0.39 is 0 Å². The number of hydrogen-bond acceptors (Lipinski definition) is 4. The van der Waals surface area contributed by atoms with Crippen LogP contribution in [0.25, 0.3) is 0 Å². The van der Waals surface area contributed by atoms with Gasteiger partial charge < -0.3 is 10.2 Å². The van der Waals surface area contributed by atoms with Crippen LogP contribution in [0.4, 0.5) is 5.69 Å². The lowest BCUT2D eigenvalue weighted by atomic mass is 9.98. The Morgan fingerprint density at radius 3 is 2.88 bits per heavy atom. The second-order valence-electron chi connectivity index (χ2n) is 6.33. The zero-order valence-corrected chi connectivity index (χ0v) is 17.0. The van der Waals surface area contributed by atoms with Gasteiger partial charge in [-0.3, -0.25) is 4.79 Å². The smallest absolute Gasteiger partial charge is 0.279 e. The predicted molar refractivity (Wildman–Crippen MR) is 112 cm³/mol. The van der Waals surface area contributed by atoms with Crippen LogP contribution in [0.5, 0.6) is 0 Å². The third kappa shape index (κ3) is 3.60. The molecular weight excluding hydrogens is 380 g/mol. The summed E-state index contributed by atoms with van der Waals surface area (Å²) in [4.78, 5) is 18.0. The number of thioether (sulfide) groups is 1. The average Bonchev–Trinajstić information content (AvgIpc) is 3.33. The third-order valence-corrected chi connectivity index (χ3v) is 7.50. The van der Waals surface area contributed by atoms with Crippen LogP contribution >= 0.6 is 34.4 Å². The van der Waals surface area contributed by atoms with Gasteiger partial charge in [-0.25, -0.2) is 0 Å². The standard InChI is InChI=1S/C20H20N2OS3/c1-24-17-6-3-2-5-15(17)21-19(23)13-22-10-8-16-14(9-12-26-16)20(22)18-7-4-11-25-18/h2-7,9,11-12,20H,8,10,13H2,1H3,(H,21,23)/p+1/t20-/m0/s1. The van der Waals surface area contributed by atoms with Gasteiger partial charge in [0.2, 0.25) is 0 Å². The number of carbonyl (C=O) groups is 1. The van der Waals surface area contributed by atoms with E-state index >= 15 is 0 Å². The van der Waals surface area contributed by atoms with E-state index in [2.05, 4.69) is 34.3 Å². The van der Waals surface area contributed by atoms with Crippen molar-refractivity contribution in [1.29, 1.82) is 0 Å². The molecule has 1 amide bonds. The Bertz CT molecular complexity index is 888. The second kappa shape index (κ2) is 7.96. The van der Waals surface area contributed by atoms with Gasteiger partial charge >= 0.3 is 0 Å². The first-order valence-electron chi connectivity index (χ1n) is 8.63. The molecule has 1 aliphatic heterocycles. The lowest BCUT2D eigenvalue weighted by Crippen LogP contribution is -3.14.